The Morgan fingerprint density at radius 3 is 2.86 bits per heavy atom. The number of nitrogens with one attached hydrogen (secondary N) is 1. The van der Waals surface area contributed by atoms with E-state index in [9.17, 15) is 13.2 Å². The van der Waals surface area contributed by atoms with Gasteiger partial charge in [-0.2, -0.15) is 0 Å². The minimum absolute atomic E-state index is 0.220. The third-order valence-corrected chi connectivity index (χ3v) is 8.88. The van der Waals surface area contributed by atoms with Gasteiger partial charge in [-0.3, -0.25) is 9.78 Å². The van der Waals surface area contributed by atoms with Crippen molar-refractivity contribution < 1.29 is 13.2 Å². The molecule has 0 aromatic carbocycles. The van der Waals surface area contributed by atoms with Crippen LogP contribution in [0, 0.1) is 12.8 Å². The summed E-state index contributed by atoms with van der Waals surface area (Å²) in [6.07, 6.45) is 8.07. The fourth-order valence-electron chi connectivity index (χ4n) is 4.41. The van der Waals surface area contributed by atoms with Crippen molar-refractivity contribution in [2.75, 3.05) is 6.54 Å². The first kappa shape index (κ1) is 20.5. The first-order valence-corrected chi connectivity index (χ1v) is 12.6. The Balaban J connectivity index is 1.47. The molecule has 0 unspecified atom stereocenters. The average Bonchev–Trinajstić information content (AvgIpc) is 3.41. The van der Waals surface area contributed by atoms with E-state index in [1.807, 2.05) is 18.0 Å². The van der Waals surface area contributed by atoms with Crippen LogP contribution in [0.15, 0.2) is 27.9 Å². The quantitative estimate of drug-likeness (QED) is 0.757. The molecule has 1 N–H and O–H groups in total. The van der Waals surface area contributed by atoms with Gasteiger partial charge in [0.25, 0.3) is 0 Å². The van der Waals surface area contributed by atoms with Crippen LogP contribution >= 0.6 is 11.3 Å². The van der Waals surface area contributed by atoms with Crippen LogP contribution < -0.4 is 4.72 Å². The molecule has 0 atom stereocenters. The summed E-state index contributed by atoms with van der Waals surface area (Å²) in [6.45, 7) is 3.39. The minimum atomic E-state index is -3.52. The van der Waals surface area contributed by atoms with Crippen molar-refractivity contribution in [2.45, 2.75) is 62.7 Å². The summed E-state index contributed by atoms with van der Waals surface area (Å²) in [7, 11) is -3.52. The molecule has 1 aliphatic carbocycles. The van der Waals surface area contributed by atoms with E-state index in [1.165, 1.54) is 37.0 Å². The molecule has 0 radical (unpaired) electrons. The number of hydrogen-bond acceptors (Lipinski definition) is 5. The van der Waals surface area contributed by atoms with Gasteiger partial charge in [0.1, 0.15) is 4.21 Å². The predicted molar refractivity (Wildman–Crippen MR) is 113 cm³/mol. The van der Waals surface area contributed by atoms with Gasteiger partial charge >= 0.3 is 0 Å². The lowest BCUT2D eigenvalue weighted by Crippen LogP contribution is -2.37. The fourth-order valence-corrected chi connectivity index (χ4v) is 6.45. The van der Waals surface area contributed by atoms with Gasteiger partial charge in [0.15, 0.2) is 0 Å². The molecule has 0 bridgehead atoms. The second-order valence-corrected chi connectivity index (χ2v) is 10.9. The molecule has 8 heteroatoms. The lowest BCUT2D eigenvalue weighted by molar-refractivity contribution is -0.133. The zero-order valence-electron chi connectivity index (χ0n) is 16.7. The molecule has 3 heterocycles. The van der Waals surface area contributed by atoms with E-state index in [-0.39, 0.29) is 12.5 Å². The Bertz CT molecular complexity index is 981. The molecule has 2 aromatic heterocycles. The summed E-state index contributed by atoms with van der Waals surface area (Å²) < 4.78 is 28.0. The fraction of sp³-hybridized carbons (Fsp3) is 0.524. The largest absolute Gasteiger partial charge is 0.338 e. The smallest absolute Gasteiger partial charge is 0.250 e. The zero-order valence-corrected chi connectivity index (χ0v) is 18.3. The maximum Gasteiger partial charge on any atom is 0.250 e. The van der Waals surface area contributed by atoms with E-state index in [4.69, 9.17) is 0 Å². The minimum Gasteiger partial charge on any atom is -0.338 e. The molecular formula is C21H27N3O3S2. The van der Waals surface area contributed by atoms with Crippen molar-refractivity contribution >= 4 is 27.3 Å². The number of aryl methyl sites for hydroxylation is 1. The van der Waals surface area contributed by atoms with Crippen molar-refractivity contribution in [3.8, 4) is 0 Å². The Morgan fingerprint density at radius 1 is 1.34 bits per heavy atom. The van der Waals surface area contributed by atoms with Crippen molar-refractivity contribution in [1.82, 2.24) is 14.6 Å². The Labute approximate surface area is 176 Å². The lowest BCUT2D eigenvalue weighted by Gasteiger charge is -2.31. The molecule has 1 fully saturated rings. The van der Waals surface area contributed by atoms with Gasteiger partial charge in [-0.25, -0.2) is 13.1 Å². The summed E-state index contributed by atoms with van der Waals surface area (Å²) in [5.74, 6) is 0.783. The second kappa shape index (κ2) is 8.53. The summed E-state index contributed by atoms with van der Waals surface area (Å²) in [5.41, 5.74) is 3.94. The topological polar surface area (TPSA) is 79.4 Å². The number of pyridine rings is 1. The van der Waals surface area contributed by atoms with Crippen molar-refractivity contribution in [2.24, 2.45) is 5.92 Å². The highest BCUT2D eigenvalue weighted by Crippen LogP contribution is 2.30. The number of carbonyl (C=O) groups is 1. The van der Waals surface area contributed by atoms with Gasteiger partial charge in [-0.1, -0.05) is 18.9 Å². The molecule has 1 aliphatic heterocycles. The Morgan fingerprint density at radius 2 is 2.14 bits per heavy atom. The molecule has 4 rings (SSSR count). The molecular weight excluding hydrogens is 406 g/mol. The van der Waals surface area contributed by atoms with Gasteiger partial charge in [-0.15, -0.1) is 11.3 Å². The van der Waals surface area contributed by atoms with E-state index in [0.29, 0.717) is 29.6 Å². The maximum atomic E-state index is 12.7. The van der Waals surface area contributed by atoms with Gasteiger partial charge in [0.05, 0.1) is 0 Å². The first-order chi connectivity index (χ1) is 13.9. The van der Waals surface area contributed by atoms with Gasteiger partial charge in [0.2, 0.25) is 15.9 Å². The first-order valence-electron chi connectivity index (χ1n) is 10.2. The van der Waals surface area contributed by atoms with Crippen LogP contribution in [0.25, 0.3) is 0 Å². The molecule has 1 saturated carbocycles. The maximum absolute atomic E-state index is 12.7. The molecule has 0 saturated heterocycles. The number of rotatable bonds is 6. The van der Waals surface area contributed by atoms with Crippen LogP contribution in [0.5, 0.6) is 0 Å². The molecule has 6 nitrogen and oxygen atoms in total. The van der Waals surface area contributed by atoms with E-state index < -0.39 is 10.0 Å². The van der Waals surface area contributed by atoms with Crippen LogP contribution in [0.1, 0.15) is 54.5 Å². The average molecular weight is 434 g/mol. The van der Waals surface area contributed by atoms with Crippen molar-refractivity contribution in [1.29, 1.82) is 0 Å². The van der Waals surface area contributed by atoms with Crippen molar-refractivity contribution in [3.05, 3.63) is 46.1 Å². The highest BCUT2D eigenvalue weighted by molar-refractivity contribution is 7.91. The van der Waals surface area contributed by atoms with Gasteiger partial charge < -0.3 is 4.90 Å². The monoisotopic (exact) mass is 433 g/mol. The van der Waals surface area contributed by atoms with Crippen LogP contribution in [0.2, 0.25) is 0 Å². The summed E-state index contributed by atoms with van der Waals surface area (Å²) in [4.78, 5) is 19.1. The lowest BCUT2D eigenvalue weighted by atomic mass is 9.94. The predicted octanol–water partition coefficient (Wildman–Crippen LogP) is 3.40. The molecule has 2 aromatic rings. The third-order valence-electron chi connectivity index (χ3n) is 6.09. The summed E-state index contributed by atoms with van der Waals surface area (Å²) in [5, 5.41) is 1.75. The van der Waals surface area contributed by atoms with E-state index in [1.54, 1.807) is 17.5 Å². The third kappa shape index (κ3) is 4.54. The van der Waals surface area contributed by atoms with Crippen LogP contribution in [-0.2, 0) is 34.3 Å². The highest BCUT2D eigenvalue weighted by atomic mass is 32.2. The Kier molecular flexibility index (Phi) is 6.03. The summed E-state index contributed by atoms with van der Waals surface area (Å²) >= 11 is 1.20. The van der Waals surface area contributed by atoms with E-state index in [2.05, 4.69) is 9.71 Å². The molecule has 156 valence electrons. The van der Waals surface area contributed by atoms with Crippen LogP contribution in [0.4, 0.5) is 0 Å². The number of amides is 1. The molecule has 2 aliphatic rings. The van der Waals surface area contributed by atoms with E-state index >= 15 is 0 Å². The van der Waals surface area contributed by atoms with Gasteiger partial charge in [0, 0.05) is 37.9 Å². The van der Waals surface area contributed by atoms with Gasteiger partial charge in [-0.05, 0) is 60.2 Å². The number of sulfonamides is 1. The SMILES string of the molecule is Cc1ncc2c(c1CNS(=O)(=O)c1cccs1)CCN(C(=O)CC1CCCC1)C2. The zero-order chi connectivity index (χ0) is 20.4. The number of thiophene rings is 1. The molecule has 1 amide bonds. The van der Waals surface area contributed by atoms with Crippen molar-refractivity contribution in [3.63, 3.8) is 0 Å². The number of fused-ring (bicyclic) bond motifs is 1. The number of hydrogen-bond donors (Lipinski definition) is 1. The standard InChI is InChI=1S/C21H27N3O3S2/c1-15-19(13-23-29(26,27)21-7-4-10-28-21)18-8-9-24(14-17(18)12-22-15)20(25)11-16-5-2-3-6-16/h4,7,10,12,16,23H,2-3,5-6,8-9,11,13-14H2,1H3. The molecule has 29 heavy (non-hydrogen) atoms. The van der Waals surface area contributed by atoms with Crippen LogP contribution in [0.3, 0.4) is 0 Å². The Hall–Kier alpha value is -1.77. The highest BCUT2D eigenvalue weighted by Gasteiger charge is 2.27. The number of nitrogens with zero attached hydrogens (tertiary/aromatic N) is 2. The number of aromatic nitrogens is 1. The molecule has 0 spiro atoms. The van der Waals surface area contributed by atoms with E-state index in [0.717, 1.165) is 28.8 Å². The number of carbonyl (C=O) groups excluding carboxylic acids is 1. The van der Waals surface area contributed by atoms with Crippen LogP contribution in [-0.4, -0.2) is 30.8 Å². The summed E-state index contributed by atoms with van der Waals surface area (Å²) in [6, 6.07) is 3.33. The normalized spacial score (nSPS) is 17.5. The second-order valence-electron chi connectivity index (χ2n) is 8.00.